The van der Waals surface area contributed by atoms with E-state index in [1.165, 1.54) is 30.5 Å². The Morgan fingerprint density at radius 2 is 1.81 bits per heavy atom. The number of hydrogen-bond donors (Lipinski definition) is 1. The molecule has 0 amide bonds. The van der Waals surface area contributed by atoms with Crippen molar-refractivity contribution in [1.82, 2.24) is 9.71 Å². The fraction of sp³-hybridized carbons (Fsp3) is 0.0556. The summed E-state index contributed by atoms with van der Waals surface area (Å²) in [7, 11) is -3.92. The van der Waals surface area contributed by atoms with Gasteiger partial charge < -0.3 is 4.74 Å². The molecule has 2 aromatic carbocycles. The van der Waals surface area contributed by atoms with E-state index in [1.54, 1.807) is 12.1 Å². The van der Waals surface area contributed by atoms with E-state index in [2.05, 4.69) is 9.71 Å². The van der Waals surface area contributed by atoms with Gasteiger partial charge in [-0.2, -0.15) is 0 Å². The van der Waals surface area contributed by atoms with Gasteiger partial charge in [-0.15, -0.1) is 0 Å². The number of rotatable bonds is 6. The van der Waals surface area contributed by atoms with E-state index in [1.807, 2.05) is 0 Å². The molecule has 5 nitrogen and oxygen atoms in total. The summed E-state index contributed by atoms with van der Waals surface area (Å²) in [4.78, 5) is 3.83. The molecule has 9 heteroatoms. The topological polar surface area (TPSA) is 68.3 Å². The first-order valence-electron chi connectivity index (χ1n) is 7.66. The highest BCUT2D eigenvalue weighted by molar-refractivity contribution is 7.89. The lowest BCUT2D eigenvalue weighted by Crippen LogP contribution is -2.23. The van der Waals surface area contributed by atoms with E-state index in [-0.39, 0.29) is 22.3 Å². The molecule has 1 N–H and O–H groups in total. The summed E-state index contributed by atoms with van der Waals surface area (Å²) in [6.45, 7) is -0.0523. The van der Waals surface area contributed by atoms with Gasteiger partial charge in [0.1, 0.15) is 22.3 Å². The molecule has 0 aliphatic carbocycles. The number of aromatic nitrogens is 1. The lowest BCUT2D eigenvalue weighted by Gasteiger charge is -2.09. The zero-order chi connectivity index (χ0) is 19.4. The summed E-state index contributed by atoms with van der Waals surface area (Å²) in [6, 6.07) is 11.8. The zero-order valence-corrected chi connectivity index (χ0v) is 15.3. The van der Waals surface area contributed by atoms with Crippen LogP contribution in [0.25, 0.3) is 0 Å². The Hall–Kier alpha value is -2.55. The third-order valence-electron chi connectivity index (χ3n) is 3.47. The highest BCUT2D eigenvalue weighted by atomic mass is 35.5. The number of hydrogen-bond acceptors (Lipinski definition) is 4. The van der Waals surface area contributed by atoms with E-state index in [4.69, 9.17) is 16.3 Å². The molecule has 3 rings (SSSR count). The number of pyridine rings is 1. The van der Waals surface area contributed by atoms with Gasteiger partial charge in [0.2, 0.25) is 15.9 Å². The molecule has 0 aliphatic rings. The van der Waals surface area contributed by atoms with Gasteiger partial charge in [-0.05, 0) is 35.9 Å². The van der Waals surface area contributed by atoms with Crippen LogP contribution in [0.3, 0.4) is 0 Å². The maximum atomic E-state index is 13.1. The molecule has 27 heavy (non-hydrogen) atoms. The van der Waals surface area contributed by atoms with Gasteiger partial charge in [0, 0.05) is 24.9 Å². The fourth-order valence-electron chi connectivity index (χ4n) is 2.18. The molecule has 0 fully saturated rings. The van der Waals surface area contributed by atoms with Crippen LogP contribution in [0.4, 0.5) is 8.78 Å². The maximum absolute atomic E-state index is 13.1. The smallest absolute Gasteiger partial charge is 0.242 e. The molecule has 0 atom stereocenters. The standard InChI is InChI=1S/C18H13ClF2N2O3S/c19-16-9-14(21)5-6-17(16)27(24,25)23-11-12-4-7-18(22-10-12)26-15-3-1-2-13(20)8-15/h1-10,23H,11H2. The molecule has 0 aliphatic heterocycles. The van der Waals surface area contributed by atoms with Crippen molar-refractivity contribution >= 4 is 21.6 Å². The van der Waals surface area contributed by atoms with Gasteiger partial charge in [-0.25, -0.2) is 26.9 Å². The van der Waals surface area contributed by atoms with Crippen LogP contribution in [0.5, 0.6) is 11.6 Å². The van der Waals surface area contributed by atoms with Gasteiger partial charge in [0.25, 0.3) is 0 Å². The van der Waals surface area contributed by atoms with Crippen molar-refractivity contribution in [2.75, 3.05) is 0 Å². The predicted octanol–water partition coefficient (Wildman–Crippen LogP) is 4.28. The SMILES string of the molecule is O=S(=O)(NCc1ccc(Oc2cccc(F)c2)nc1)c1ccc(F)cc1Cl. The number of sulfonamides is 1. The van der Waals surface area contributed by atoms with E-state index in [9.17, 15) is 17.2 Å². The summed E-state index contributed by atoms with van der Waals surface area (Å²) in [5, 5.41) is -0.209. The molecule has 0 bridgehead atoms. The summed E-state index contributed by atoms with van der Waals surface area (Å²) in [6.07, 6.45) is 1.42. The lowest BCUT2D eigenvalue weighted by molar-refractivity contribution is 0.457. The average molecular weight is 411 g/mol. The normalized spacial score (nSPS) is 11.4. The minimum atomic E-state index is -3.92. The molecule has 0 saturated heterocycles. The van der Waals surface area contributed by atoms with Crippen molar-refractivity contribution in [2.45, 2.75) is 11.4 Å². The summed E-state index contributed by atoms with van der Waals surface area (Å²) in [5.74, 6) is -0.536. The number of ether oxygens (including phenoxy) is 1. The molecular weight excluding hydrogens is 398 g/mol. The van der Waals surface area contributed by atoms with Crippen LogP contribution >= 0.6 is 11.6 Å². The van der Waals surface area contributed by atoms with Crippen LogP contribution in [0.1, 0.15) is 5.56 Å². The van der Waals surface area contributed by atoms with E-state index < -0.39 is 21.7 Å². The summed E-state index contributed by atoms with van der Waals surface area (Å²) in [5.41, 5.74) is 0.559. The first-order valence-corrected chi connectivity index (χ1v) is 9.53. The number of halogens is 3. The second kappa shape index (κ2) is 7.99. The first-order chi connectivity index (χ1) is 12.8. The molecule has 140 valence electrons. The molecule has 0 unspecified atom stereocenters. The van der Waals surface area contributed by atoms with Crippen molar-refractivity contribution in [3.8, 4) is 11.6 Å². The van der Waals surface area contributed by atoms with Crippen molar-refractivity contribution in [1.29, 1.82) is 0 Å². The van der Waals surface area contributed by atoms with Crippen LogP contribution < -0.4 is 9.46 Å². The van der Waals surface area contributed by atoms with Crippen LogP contribution in [-0.4, -0.2) is 13.4 Å². The Morgan fingerprint density at radius 1 is 1.04 bits per heavy atom. The number of nitrogens with zero attached hydrogens (tertiary/aromatic N) is 1. The van der Waals surface area contributed by atoms with Crippen LogP contribution in [0.2, 0.25) is 5.02 Å². The van der Waals surface area contributed by atoms with Gasteiger partial charge in [-0.3, -0.25) is 0 Å². The fourth-order valence-corrected chi connectivity index (χ4v) is 3.72. The Kier molecular flexibility index (Phi) is 5.69. The Morgan fingerprint density at radius 3 is 2.48 bits per heavy atom. The van der Waals surface area contributed by atoms with Crippen molar-refractivity contribution in [3.05, 3.63) is 83.0 Å². The van der Waals surface area contributed by atoms with Gasteiger partial charge >= 0.3 is 0 Å². The molecule has 0 radical (unpaired) electrons. The summed E-state index contributed by atoms with van der Waals surface area (Å²) >= 11 is 5.79. The van der Waals surface area contributed by atoms with Crippen LogP contribution in [0.15, 0.2) is 65.7 Å². The molecule has 3 aromatic rings. The van der Waals surface area contributed by atoms with Crippen molar-refractivity contribution < 1.29 is 21.9 Å². The van der Waals surface area contributed by atoms with E-state index in [0.29, 0.717) is 11.3 Å². The summed E-state index contributed by atoms with van der Waals surface area (Å²) < 4.78 is 58.5. The van der Waals surface area contributed by atoms with Gasteiger partial charge in [0.05, 0.1) is 5.02 Å². The largest absolute Gasteiger partial charge is 0.439 e. The predicted molar refractivity (Wildman–Crippen MR) is 96.1 cm³/mol. The molecule has 1 aromatic heterocycles. The van der Waals surface area contributed by atoms with Gasteiger partial charge in [0.15, 0.2) is 0 Å². The van der Waals surface area contributed by atoms with Crippen LogP contribution in [-0.2, 0) is 16.6 Å². The van der Waals surface area contributed by atoms with Crippen LogP contribution in [0, 0.1) is 11.6 Å². The lowest BCUT2D eigenvalue weighted by atomic mass is 10.3. The molecule has 1 heterocycles. The number of nitrogens with one attached hydrogen (secondary N) is 1. The average Bonchev–Trinajstić information content (AvgIpc) is 2.61. The second-order valence-electron chi connectivity index (χ2n) is 5.46. The van der Waals surface area contributed by atoms with E-state index >= 15 is 0 Å². The monoisotopic (exact) mass is 410 g/mol. The molecular formula is C18H13ClF2N2O3S. The highest BCUT2D eigenvalue weighted by Crippen LogP contribution is 2.23. The number of benzene rings is 2. The third kappa shape index (κ3) is 5.00. The van der Waals surface area contributed by atoms with Crippen molar-refractivity contribution in [3.63, 3.8) is 0 Å². The van der Waals surface area contributed by atoms with Gasteiger partial charge in [-0.1, -0.05) is 23.7 Å². The zero-order valence-electron chi connectivity index (χ0n) is 13.7. The highest BCUT2D eigenvalue weighted by Gasteiger charge is 2.18. The van der Waals surface area contributed by atoms with E-state index in [0.717, 1.165) is 18.2 Å². The second-order valence-corrected chi connectivity index (χ2v) is 7.61. The first kappa shape index (κ1) is 19.2. The van der Waals surface area contributed by atoms with Crippen molar-refractivity contribution in [2.24, 2.45) is 0 Å². The minimum Gasteiger partial charge on any atom is -0.439 e. The Balaban J connectivity index is 1.66. The quantitative estimate of drug-likeness (QED) is 0.658. The Labute approximate surface area is 159 Å². The third-order valence-corrected chi connectivity index (χ3v) is 5.35. The minimum absolute atomic E-state index is 0.0523. The Bertz CT molecular complexity index is 1060. The molecule has 0 saturated carbocycles. The molecule has 0 spiro atoms. The maximum Gasteiger partial charge on any atom is 0.242 e.